The van der Waals surface area contributed by atoms with Gasteiger partial charge in [0, 0.05) is 29.9 Å². The summed E-state index contributed by atoms with van der Waals surface area (Å²) in [5.41, 5.74) is 3.99. The van der Waals surface area contributed by atoms with Crippen molar-refractivity contribution >= 4 is 17.5 Å². The summed E-state index contributed by atoms with van der Waals surface area (Å²) < 4.78 is 0. The molecule has 1 fully saturated rings. The molecule has 25 heavy (non-hydrogen) atoms. The molecule has 0 atom stereocenters. The number of nitrogens with zero attached hydrogens (tertiary/aromatic N) is 1. The number of piperidine rings is 1. The van der Waals surface area contributed by atoms with Crippen molar-refractivity contribution in [3.05, 3.63) is 64.7 Å². The van der Waals surface area contributed by atoms with E-state index in [1.165, 1.54) is 6.42 Å². The van der Waals surface area contributed by atoms with E-state index in [1.807, 2.05) is 36.9 Å². The highest BCUT2D eigenvalue weighted by atomic mass is 16.2. The fourth-order valence-electron chi connectivity index (χ4n) is 3.14. The molecule has 2 aromatic carbocycles. The van der Waals surface area contributed by atoms with Crippen molar-refractivity contribution in [2.75, 3.05) is 18.4 Å². The molecular weight excluding hydrogens is 312 g/mol. The van der Waals surface area contributed by atoms with E-state index in [4.69, 9.17) is 0 Å². The highest BCUT2D eigenvalue weighted by Gasteiger charge is 2.19. The minimum absolute atomic E-state index is 0.0149. The molecule has 1 N–H and O–H groups in total. The van der Waals surface area contributed by atoms with Gasteiger partial charge in [-0.05, 0) is 68.5 Å². The zero-order chi connectivity index (χ0) is 17.8. The van der Waals surface area contributed by atoms with Crippen LogP contribution < -0.4 is 5.32 Å². The molecule has 4 nitrogen and oxygen atoms in total. The Hall–Kier alpha value is -2.62. The van der Waals surface area contributed by atoms with E-state index in [9.17, 15) is 9.59 Å². The molecule has 3 rings (SSSR count). The standard InChI is InChI=1S/C21H24N2O2/c1-15-9-10-16(2)19(13-15)22-20(24)17-7-6-8-18(14-17)21(25)23-11-4-3-5-12-23/h6-10,13-14H,3-5,11-12H2,1-2H3,(H,22,24). The minimum Gasteiger partial charge on any atom is -0.339 e. The molecule has 1 aliphatic heterocycles. The molecule has 1 aliphatic rings. The predicted molar refractivity (Wildman–Crippen MR) is 100 cm³/mol. The van der Waals surface area contributed by atoms with Crippen LogP contribution in [-0.4, -0.2) is 29.8 Å². The van der Waals surface area contributed by atoms with Gasteiger partial charge in [-0.2, -0.15) is 0 Å². The summed E-state index contributed by atoms with van der Waals surface area (Å²) in [7, 11) is 0. The third-order valence-electron chi connectivity index (χ3n) is 4.66. The average Bonchev–Trinajstić information content (AvgIpc) is 2.65. The van der Waals surface area contributed by atoms with E-state index in [1.54, 1.807) is 24.3 Å². The van der Waals surface area contributed by atoms with Crippen LogP contribution in [0.5, 0.6) is 0 Å². The Morgan fingerprint density at radius 2 is 1.64 bits per heavy atom. The van der Waals surface area contributed by atoms with Crippen LogP contribution in [0, 0.1) is 13.8 Å². The van der Waals surface area contributed by atoms with Gasteiger partial charge >= 0.3 is 0 Å². The molecule has 1 saturated heterocycles. The van der Waals surface area contributed by atoms with Gasteiger partial charge < -0.3 is 10.2 Å². The van der Waals surface area contributed by atoms with Crippen LogP contribution in [0.3, 0.4) is 0 Å². The van der Waals surface area contributed by atoms with Gasteiger partial charge in [0.1, 0.15) is 0 Å². The van der Waals surface area contributed by atoms with Crippen molar-refractivity contribution in [1.82, 2.24) is 4.90 Å². The second-order valence-electron chi connectivity index (χ2n) is 6.71. The summed E-state index contributed by atoms with van der Waals surface area (Å²) >= 11 is 0. The lowest BCUT2D eigenvalue weighted by Crippen LogP contribution is -2.35. The van der Waals surface area contributed by atoms with Gasteiger partial charge in [-0.3, -0.25) is 9.59 Å². The van der Waals surface area contributed by atoms with Crippen LogP contribution >= 0.6 is 0 Å². The first-order valence-corrected chi connectivity index (χ1v) is 8.82. The van der Waals surface area contributed by atoms with Crippen molar-refractivity contribution in [3.63, 3.8) is 0 Å². The summed E-state index contributed by atoms with van der Waals surface area (Å²) in [5.74, 6) is -0.178. The van der Waals surface area contributed by atoms with Crippen LogP contribution in [0.15, 0.2) is 42.5 Å². The van der Waals surface area contributed by atoms with Gasteiger partial charge in [-0.15, -0.1) is 0 Å². The molecule has 2 amide bonds. The third kappa shape index (κ3) is 4.08. The number of carbonyl (C=O) groups excluding carboxylic acids is 2. The topological polar surface area (TPSA) is 49.4 Å². The fraction of sp³-hybridized carbons (Fsp3) is 0.333. The van der Waals surface area contributed by atoms with Crippen LogP contribution in [0.4, 0.5) is 5.69 Å². The summed E-state index contributed by atoms with van der Waals surface area (Å²) in [6.07, 6.45) is 3.29. The molecule has 0 radical (unpaired) electrons. The Morgan fingerprint density at radius 1 is 0.920 bits per heavy atom. The third-order valence-corrected chi connectivity index (χ3v) is 4.66. The van der Waals surface area contributed by atoms with Crippen molar-refractivity contribution in [3.8, 4) is 0 Å². The predicted octanol–water partition coefficient (Wildman–Crippen LogP) is 4.18. The quantitative estimate of drug-likeness (QED) is 0.914. The first-order chi connectivity index (χ1) is 12.0. The van der Waals surface area contributed by atoms with Gasteiger partial charge in [0.2, 0.25) is 0 Å². The number of amides is 2. The van der Waals surface area contributed by atoms with Crippen LogP contribution in [-0.2, 0) is 0 Å². The van der Waals surface area contributed by atoms with Crippen LogP contribution in [0.25, 0.3) is 0 Å². The fourth-order valence-corrected chi connectivity index (χ4v) is 3.14. The summed E-state index contributed by atoms with van der Waals surface area (Å²) in [4.78, 5) is 27.1. The maximum absolute atomic E-state index is 12.6. The second kappa shape index (κ2) is 7.51. The zero-order valence-electron chi connectivity index (χ0n) is 14.8. The van der Waals surface area contributed by atoms with Gasteiger partial charge in [0.25, 0.3) is 11.8 Å². The number of nitrogens with one attached hydrogen (secondary N) is 1. The minimum atomic E-state index is -0.193. The first kappa shape index (κ1) is 17.2. The zero-order valence-corrected chi connectivity index (χ0v) is 14.8. The summed E-state index contributed by atoms with van der Waals surface area (Å²) in [5, 5.41) is 2.95. The van der Waals surface area contributed by atoms with Gasteiger partial charge in [0.15, 0.2) is 0 Å². The molecule has 0 unspecified atom stereocenters. The van der Waals surface area contributed by atoms with E-state index in [0.717, 1.165) is 42.7 Å². The molecule has 130 valence electrons. The van der Waals surface area contributed by atoms with E-state index >= 15 is 0 Å². The Bertz CT molecular complexity index is 792. The summed E-state index contributed by atoms with van der Waals surface area (Å²) in [6.45, 7) is 5.56. The average molecular weight is 336 g/mol. The number of likely N-dealkylation sites (tertiary alicyclic amines) is 1. The lowest BCUT2D eigenvalue weighted by Gasteiger charge is -2.26. The number of anilines is 1. The first-order valence-electron chi connectivity index (χ1n) is 8.82. The monoisotopic (exact) mass is 336 g/mol. The molecule has 0 aliphatic carbocycles. The Labute approximate surface area is 148 Å². The van der Waals surface area contributed by atoms with E-state index in [-0.39, 0.29) is 11.8 Å². The number of rotatable bonds is 3. The van der Waals surface area contributed by atoms with E-state index in [2.05, 4.69) is 5.32 Å². The van der Waals surface area contributed by atoms with Crippen molar-refractivity contribution < 1.29 is 9.59 Å². The van der Waals surface area contributed by atoms with Gasteiger partial charge in [0.05, 0.1) is 0 Å². The molecule has 0 spiro atoms. The number of hydrogen-bond acceptors (Lipinski definition) is 2. The maximum Gasteiger partial charge on any atom is 0.255 e. The molecule has 1 heterocycles. The van der Waals surface area contributed by atoms with Crippen molar-refractivity contribution in [2.24, 2.45) is 0 Å². The lowest BCUT2D eigenvalue weighted by atomic mass is 10.1. The smallest absolute Gasteiger partial charge is 0.255 e. The number of aryl methyl sites for hydroxylation is 2. The molecule has 0 bridgehead atoms. The van der Waals surface area contributed by atoms with Gasteiger partial charge in [-0.25, -0.2) is 0 Å². The SMILES string of the molecule is Cc1ccc(C)c(NC(=O)c2cccc(C(=O)N3CCCCC3)c2)c1. The molecule has 2 aromatic rings. The number of hydrogen-bond donors (Lipinski definition) is 1. The largest absolute Gasteiger partial charge is 0.339 e. The molecule has 0 aromatic heterocycles. The Morgan fingerprint density at radius 3 is 2.40 bits per heavy atom. The molecule has 4 heteroatoms. The van der Waals surface area contributed by atoms with Crippen LogP contribution in [0.2, 0.25) is 0 Å². The Kier molecular flexibility index (Phi) is 5.17. The molecule has 0 saturated carbocycles. The normalized spacial score (nSPS) is 14.2. The number of benzene rings is 2. The van der Waals surface area contributed by atoms with E-state index in [0.29, 0.717) is 11.1 Å². The second-order valence-corrected chi connectivity index (χ2v) is 6.71. The van der Waals surface area contributed by atoms with Crippen LogP contribution in [0.1, 0.15) is 51.1 Å². The molecular formula is C21H24N2O2. The Balaban J connectivity index is 1.77. The highest BCUT2D eigenvalue weighted by Crippen LogP contribution is 2.19. The number of carbonyl (C=O) groups is 2. The van der Waals surface area contributed by atoms with Crippen molar-refractivity contribution in [2.45, 2.75) is 33.1 Å². The van der Waals surface area contributed by atoms with Gasteiger partial charge in [-0.1, -0.05) is 18.2 Å². The maximum atomic E-state index is 12.6. The highest BCUT2D eigenvalue weighted by molar-refractivity contribution is 6.06. The van der Waals surface area contributed by atoms with Crippen molar-refractivity contribution in [1.29, 1.82) is 0 Å². The summed E-state index contributed by atoms with van der Waals surface area (Å²) in [6, 6.07) is 13.0. The van der Waals surface area contributed by atoms with E-state index < -0.39 is 0 Å². The lowest BCUT2D eigenvalue weighted by molar-refractivity contribution is 0.0724.